The second kappa shape index (κ2) is 11.0. The van der Waals surface area contributed by atoms with E-state index in [4.69, 9.17) is 9.47 Å². The van der Waals surface area contributed by atoms with E-state index in [1.807, 2.05) is 12.1 Å². The topological polar surface area (TPSA) is 106 Å². The van der Waals surface area contributed by atoms with Crippen molar-refractivity contribution in [3.63, 3.8) is 0 Å². The zero-order valence-electron chi connectivity index (χ0n) is 19.9. The number of alkyl halides is 3. The Balaban J connectivity index is 0.986. The molecule has 0 aliphatic rings. The average molecular weight is 514 g/mol. The summed E-state index contributed by atoms with van der Waals surface area (Å²) < 4.78 is 52.1. The first-order valence-electron chi connectivity index (χ1n) is 11.9. The maximum atomic E-state index is 12.9. The number of fused-ring (bicyclic) bond motifs is 2. The first-order chi connectivity index (χ1) is 18.0. The van der Waals surface area contributed by atoms with Crippen molar-refractivity contribution < 1.29 is 22.6 Å². The van der Waals surface area contributed by atoms with Gasteiger partial charge in [0.25, 0.3) is 0 Å². The Kier molecular flexibility index (Phi) is 7.37. The van der Waals surface area contributed by atoms with Gasteiger partial charge in [-0.3, -0.25) is 9.67 Å². The predicted octanol–water partition coefficient (Wildman–Crippen LogP) is 4.61. The fourth-order valence-corrected chi connectivity index (χ4v) is 4.06. The first-order valence-corrected chi connectivity index (χ1v) is 11.9. The van der Waals surface area contributed by atoms with E-state index >= 15 is 0 Å². The van der Waals surface area contributed by atoms with Crippen LogP contribution in [0.1, 0.15) is 24.1 Å². The Labute approximate surface area is 210 Å². The zero-order valence-corrected chi connectivity index (χ0v) is 19.9. The summed E-state index contributed by atoms with van der Waals surface area (Å²) in [5, 5.41) is 19.5. The van der Waals surface area contributed by atoms with Crippen molar-refractivity contribution in [2.75, 3.05) is 26.4 Å². The maximum absolute atomic E-state index is 12.9. The van der Waals surface area contributed by atoms with Gasteiger partial charge in [-0.15, -0.1) is 10.2 Å². The molecular formula is C25H26F3N7O2. The SMILES string of the molecule is FC(F)(F)c1ccc2[nH]c(CNCCCCOCCOc3cc(-n4cnnc4)cc4[nH]ncc34)cc2c1. The highest BCUT2D eigenvalue weighted by Crippen LogP contribution is 2.31. The molecule has 3 heterocycles. The average Bonchev–Trinajstić information content (AvgIpc) is 3.64. The van der Waals surface area contributed by atoms with Gasteiger partial charge in [-0.05, 0) is 49.7 Å². The van der Waals surface area contributed by atoms with Crippen molar-refractivity contribution in [2.24, 2.45) is 0 Å². The van der Waals surface area contributed by atoms with Crippen LogP contribution in [0.15, 0.2) is 55.2 Å². The van der Waals surface area contributed by atoms with Gasteiger partial charge in [0.05, 0.1) is 35.0 Å². The third-order valence-electron chi connectivity index (χ3n) is 5.92. The van der Waals surface area contributed by atoms with Crippen LogP contribution in [0.25, 0.3) is 27.5 Å². The Morgan fingerprint density at radius 1 is 0.946 bits per heavy atom. The second-order valence-corrected chi connectivity index (χ2v) is 8.58. The van der Waals surface area contributed by atoms with Crippen LogP contribution in [0.2, 0.25) is 0 Å². The molecule has 12 heteroatoms. The summed E-state index contributed by atoms with van der Waals surface area (Å²) >= 11 is 0. The summed E-state index contributed by atoms with van der Waals surface area (Å²) in [6.45, 7) is 2.80. The molecule has 3 aromatic heterocycles. The van der Waals surface area contributed by atoms with Gasteiger partial charge in [0.2, 0.25) is 0 Å². The van der Waals surface area contributed by atoms with Crippen LogP contribution in [-0.2, 0) is 17.5 Å². The molecule has 0 aliphatic carbocycles. The molecule has 5 aromatic rings. The van der Waals surface area contributed by atoms with E-state index in [9.17, 15) is 13.2 Å². The normalized spacial score (nSPS) is 12.1. The molecule has 9 nitrogen and oxygen atoms in total. The van der Waals surface area contributed by atoms with E-state index < -0.39 is 11.7 Å². The summed E-state index contributed by atoms with van der Waals surface area (Å²) in [6, 6.07) is 9.34. The van der Waals surface area contributed by atoms with Crippen LogP contribution in [0.4, 0.5) is 13.2 Å². The van der Waals surface area contributed by atoms with Crippen molar-refractivity contribution in [1.29, 1.82) is 0 Å². The van der Waals surface area contributed by atoms with Gasteiger partial charge in [-0.1, -0.05) is 0 Å². The molecule has 0 unspecified atom stereocenters. The van der Waals surface area contributed by atoms with Crippen molar-refractivity contribution >= 4 is 21.8 Å². The molecule has 3 N–H and O–H groups in total. The van der Waals surface area contributed by atoms with Crippen LogP contribution in [0.3, 0.4) is 0 Å². The van der Waals surface area contributed by atoms with Crippen molar-refractivity contribution in [2.45, 2.75) is 25.6 Å². The van der Waals surface area contributed by atoms with E-state index in [-0.39, 0.29) is 0 Å². The number of unbranched alkanes of at least 4 members (excludes halogenated alkanes) is 1. The van der Waals surface area contributed by atoms with E-state index in [0.29, 0.717) is 43.0 Å². The molecule has 37 heavy (non-hydrogen) atoms. The van der Waals surface area contributed by atoms with Gasteiger partial charge in [-0.2, -0.15) is 18.3 Å². The number of aromatic nitrogens is 6. The molecule has 0 spiro atoms. The third-order valence-corrected chi connectivity index (χ3v) is 5.92. The number of nitrogens with zero attached hydrogens (tertiary/aromatic N) is 4. The molecule has 0 fully saturated rings. The quantitative estimate of drug-likeness (QED) is 0.211. The maximum Gasteiger partial charge on any atom is 0.416 e. The van der Waals surface area contributed by atoms with Crippen LogP contribution < -0.4 is 10.1 Å². The van der Waals surface area contributed by atoms with Crippen molar-refractivity contribution in [3.05, 3.63) is 66.5 Å². The van der Waals surface area contributed by atoms with E-state index in [1.165, 1.54) is 12.1 Å². The summed E-state index contributed by atoms with van der Waals surface area (Å²) in [5.41, 5.74) is 2.62. The smallest absolute Gasteiger partial charge is 0.416 e. The summed E-state index contributed by atoms with van der Waals surface area (Å²) in [7, 11) is 0. The van der Waals surface area contributed by atoms with Crippen LogP contribution >= 0.6 is 0 Å². The molecule has 0 radical (unpaired) electrons. The lowest BCUT2D eigenvalue weighted by molar-refractivity contribution is -0.137. The number of hydrogen-bond acceptors (Lipinski definition) is 6. The van der Waals surface area contributed by atoms with Gasteiger partial charge < -0.3 is 19.8 Å². The third kappa shape index (κ3) is 6.09. The van der Waals surface area contributed by atoms with Gasteiger partial charge in [0, 0.05) is 35.8 Å². The number of ether oxygens (including phenoxy) is 2. The minimum Gasteiger partial charge on any atom is -0.490 e. The Bertz CT molecular complexity index is 1440. The minimum atomic E-state index is -4.34. The lowest BCUT2D eigenvalue weighted by Crippen LogP contribution is -2.15. The molecule has 0 saturated heterocycles. The second-order valence-electron chi connectivity index (χ2n) is 8.58. The van der Waals surface area contributed by atoms with Crippen molar-refractivity contribution in [1.82, 2.24) is 35.3 Å². The van der Waals surface area contributed by atoms with Crippen molar-refractivity contribution in [3.8, 4) is 11.4 Å². The summed E-state index contributed by atoms with van der Waals surface area (Å²) in [6.07, 6.45) is 2.41. The van der Waals surface area contributed by atoms with E-state index in [2.05, 4.69) is 30.7 Å². The number of nitrogens with one attached hydrogen (secondary N) is 3. The largest absolute Gasteiger partial charge is 0.490 e. The van der Waals surface area contributed by atoms with Gasteiger partial charge >= 0.3 is 6.18 Å². The highest BCUT2D eigenvalue weighted by atomic mass is 19.4. The fraction of sp³-hybridized carbons (Fsp3) is 0.320. The number of H-pyrrole nitrogens is 2. The Hall–Kier alpha value is -3.90. The first kappa shape index (κ1) is 24.8. The monoisotopic (exact) mass is 513 g/mol. The number of rotatable bonds is 12. The molecular weight excluding hydrogens is 487 g/mol. The van der Waals surface area contributed by atoms with Crippen LogP contribution in [0.5, 0.6) is 5.75 Å². The fourth-order valence-electron chi connectivity index (χ4n) is 4.06. The summed E-state index contributed by atoms with van der Waals surface area (Å²) in [4.78, 5) is 3.15. The molecule has 2 aromatic carbocycles. The number of hydrogen-bond donors (Lipinski definition) is 3. The molecule has 0 amide bonds. The number of halogens is 3. The zero-order chi connectivity index (χ0) is 25.7. The molecule has 5 rings (SSSR count). The Morgan fingerprint density at radius 2 is 1.81 bits per heavy atom. The van der Waals surface area contributed by atoms with Crippen LogP contribution in [0, 0.1) is 0 Å². The highest BCUT2D eigenvalue weighted by Gasteiger charge is 2.30. The lowest BCUT2D eigenvalue weighted by Gasteiger charge is -2.10. The van der Waals surface area contributed by atoms with Gasteiger partial charge in [0.1, 0.15) is 25.0 Å². The number of aromatic amines is 2. The summed E-state index contributed by atoms with van der Waals surface area (Å²) in [5.74, 6) is 0.703. The van der Waals surface area contributed by atoms with Gasteiger partial charge in [-0.25, -0.2) is 0 Å². The number of benzene rings is 2. The molecule has 0 aliphatic heterocycles. The van der Waals surface area contributed by atoms with Crippen LogP contribution in [-0.4, -0.2) is 56.3 Å². The van der Waals surface area contributed by atoms with Gasteiger partial charge in [0.15, 0.2) is 0 Å². The molecule has 194 valence electrons. The highest BCUT2D eigenvalue weighted by molar-refractivity contribution is 5.86. The standard InChI is InChI=1S/C25H26F3N7O2/c26-25(27,28)18-3-4-22-17(9-18)10-19(33-22)13-29-5-1-2-6-36-7-8-37-24-12-20(35-15-31-32-16-35)11-23-21(24)14-30-34-23/h3-4,9-12,14-16,29,33H,1-2,5-8,13H2,(H,30,34). The molecule has 0 saturated carbocycles. The van der Waals surface area contributed by atoms with E-state index in [0.717, 1.165) is 47.7 Å². The minimum absolute atomic E-state index is 0.403. The Morgan fingerprint density at radius 3 is 2.65 bits per heavy atom. The lowest BCUT2D eigenvalue weighted by atomic mass is 10.1. The predicted molar refractivity (Wildman–Crippen MR) is 132 cm³/mol. The van der Waals surface area contributed by atoms with E-state index in [1.54, 1.807) is 29.5 Å². The molecule has 0 atom stereocenters. The molecule has 0 bridgehead atoms.